The van der Waals surface area contributed by atoms with Gasteiger partial charge < -0.3 is 14.2 Å². The van der Waals surface area contributed by atoms with Gasteiger partial charge in [-0.2, -0.15) is 5.26 Å². The number of esters is 2. The van der Waals surface area contributed by atoms with Gasteiger partial charge in [-0.3, -0.25) is 4.79 Å². The summed E-state index contributed by atoms with van der Waals surface area (Å²) in [5, 5.41) is 8.88. The maximum atomic E-state index is 12.6. The van der Waals surface area contributed by atoms with E-state index < -0.39 is 11.9 Å². The van der Waals surface area contributed by atoms with Gasteiger partial charge >= 0.3 is 11.9 Å². The summed E-state index contributed by atoms with van der Waals surface area (Å²) in [6.07, 6.45) is 9.09. The van der Waals surface area contributed by atoms with Gasteiger partial charge in [-0.15, -0.1) is 0 Å². The van der Waals surface area contributed by atoms with E-state index in [1.807, 2.05) is 18.2 Å². The van der Waals surface area contributed by atoms with Crippen LogP contribution in [0.1, 0.15) is 81.2 Å². The predicted octanol–water partition coefficient (Wildman–Crippen LogP) is 8.24. The van der Waals surface area contributed by atoms with Crippen LogP contribution in [0.2, 0.25) is 0 Å². The minimum absolute atomic E-state index is 0.127. The van der Waals surface area contributed by atoms with Crippen molar-refractivity contribution in [3.63, 3.8) is 0 Å². The van der Waals surface area contributed by atoms with E-state index in [4.69, 9.17) is 19.5 Å². The summed E-state index contributed by atoms with van der Waals surface area (Å²) in [6, 6.07) is 28.0. The SMILES string of the molecule is CCCCCCCOc1ccc(C(=O)/C=C/c2ccc(OC(=O)c3ccc(OC(=O)c4ccc(C#N)cc4)cc3)cc2)cc1. The molecule has 0 amide bonds. The largest absolute Gasteiger partial charge is 0.494 e. The highest BCUT2D eigenvalue weighted by molar-refractivity contribution is 6.06. The van der Waals surface area contributed by atoms with Crippen molar-refractivity contribution in [1.82, 2.24) is 0 Å². The van der Waals surface area contributed by atoms with Gasteiger partial charge in [-0.05, 0) is 103 Å². The Balaban J connectivity index is 1.24. The van der Waals surface area contributed by atoms with Gasteiger partial charge in [-0.1, -0.05) is 50.8 Å². The van der Waals surface area contributed by atoms with Crippen LogP contribution in [0, 0.1) is 11.3 Å². The summed E-state index contributed by atoms with van der Waals surface area (Å²) in [4.78, 5) is 37.5. The van der Waals surface area contributed by atoms with Gasteiger partial charge in [0.05, 0.1) is 29.4 Å². The van der Waals surface area contributed by atoms with Gasteiger partial charge in [0.15, 0.2) is 5.78 Å². The van der Waals surface area contributed by atoms with Crippen molar-refractivity contribution in [1.29, 1.82) is 5.26 Å². The minimum atomic E-state index is -0.577. The molecule has 4 aromatic rings. The molecular formula is C37H33NO6. The second-order valence-corrected chi connectivity index (χ2v) is 10.0. The molecule has 0 spiro atoms. The fourth-order valence-corrected chi connectivity index (χ4v) is 4.20. The average Bonchev–Trinajstić information content (AvgIpc) is 3.06. The second-order valence-electron chi connectivity index (χ2n) is 10.0. The maximum absolute atomic E-state index is 12.6. The van der Waals surface area contributed by atoms with Crippen LogP contribution < -0.4 is 14.2 Å². The number of rotatable bonds is 14. The van der Waals surface area contributed by atoms with Crippen LogP contribution in [-0.4, -0.2) is 24.3 Å². The summed E-state index contributed by atoms with van der Waals surface area (Å²) < 4.78 is 16.5. The van der Waals surface area contributed by atoms with E-state index >= 15 is 0 Å². The molecular weight excluding hydrogens is 554 g/mol. The number of hydrogen-bond donors (Lipinski definition) is 0. The van der Waals surface area contributed by atoms with Crippen molar-refractivity contribution in [2.75, 3.05) is 6.61 Å². The quantitative estimate of drug-likeness (QED) is 0.0481. The van der Waals surface area contributed by atoms with Crippen LogP contribution in [-0.2, 0) is 0 Å². The number of carbonyl (C=O) groups is 3. The lowest BCUT2D eigenvalue weighted by atomic mass is 10.1. The normalized spacial score (nSPS) is 10.6. The lowest BCUT2D eigenvalue weighted by Crippen LogP contribution is -2.10. The van der Waals surface area contributed by atoms with E-state index in [1.165, 1.54) is 73.9 Å². The lowest BCUT2D eigenvalue weighted by molar-refractivity contribution is 0.0730. The molecule has 0 saturated heterocycles. The van der Waals surface area contributed by atoms with E-state index in [9.17, 15) is 14.4 Å². The molecule has 0 bridgehead atoms. The van der Waals surface area contributed by atoms with Crippen molar-refractivity contribution in [3.8, 4) is 23.3 Å². The number of benzene rings is 4. The van der Waals surface area contributed by atoms with Crippen LogP contribution in [0.3, 0.4) is 0 Å². The van der Waals surface area contributed by atoms with Crippen LogP contribution in [0.25, 0.3) is 6.08 Å². The molecule has 0 aliphatic carbocycles. The molecule has 7 nitrogen and oxygen atoms in total. The first-order chi connectivity index (χ1) is 21.4. The van der Waals surface area contributed by atoms with Crippen molar-refractivity contribution >= 4 is 23.8 Å². The number of nitrogens with zero attached hydrogens (tertiary/aromatic N) is 1. The number of carbonyl (C=O) groups excluding carboxylic acids is 3. The van der Waals surface area contributed by atoms with Crippen molar-refractivity contribution in [2.24, 2.45) is 0 Å². The van der Waals surface area contributed by atoms with Crippen LogP contribution >= 0.6 is 0 Å². The lowest BCUT2D eigenvalue weighted by Gasteiger charge is -2.07. The number of hydrogen-bond acceptors (Lipinski definition) is 7. The Bertz CT molecular complexity index is 1610. The first kappa shape index (κ1) is 31.5. The molecule has 0 saturated carbocycles. The molecule has 0 N–H and O–H groups in total. The number of ether oxygens (including phenoxy) is 3. The van der Waals surface area contributed by atoms with E-state index in [-0.39, 0.29) is 17.1 Å². The van der Waals surface area contributed by atoms with Crippen molar-refractivity contribution in [3.05, 3.63) is 131 Å². The Hall–Kier alpha value is -5.48. The fourth-order valence-electron chi connectivity index (χ4n) is 4.20. The zero-order valence-electron chi connectivity index (χ0n) is 24.5. The minimum Gasteiger partial charge on any atom is -0.494 e. The summed E-state index contributed by atoms with van der Waals surface area (Å²) in [7, 11) is 0. The molecule has 222 valence electrons. The molecule has 4 rings (SSSR count). The van der Waals surface area contributed by atoms with Crippen molar-refractivity contribution < 1.29 is 28.6 Å². The summed E-state index contributed by atoms with van der Waals surface area (Å²) in [5.74, 6) is 0.0852. The van der Waals surface area contributed by atoms with Gasteiger partial charge in [-0.25, -0.2) is 9.59 Å². The highest BCUT2D eigenvalue weighted by atomic mass is 16.5. The first-order valence-electron chi connectivity index (χ1n) is 14.5. The van der Waals surface area contributed by atoms with E-state index in [2.05, 4.69) is 6.92 Å². The molecule has 0 aromatic heterocycles. The summed E-state index contributed by atoms with van der Waals surface area (Å²) in [6.45, 7) is 2.87. The number of nitriles is 1. The van der Waals surface area contributed by atoms with Crippen molar-refractivity contribution in [2.45, 2.75) is 39.0 Å². The zero-order chi connectivity index (χ0) is 31.1. The highest BCUT2D eigenvalue weighted by Gasteiger charge is 2.12. The Morgan fingerprint density at radius 1 is 0.636 bits per heavy atom. The zero-order valence-corrected chi connectivity index (χ0v) is 24.5. The highest BCUT2D eigenvalue weighted by Crippen LogP contribution is 2.19. The number of ketones is 1. The smallest absolute Gasteiger partial charge is 0.343 e. The third kappa shape index (κ3) is 9.53. The standard InChI is InChI=1S/C37H33NO6/c1-2-3-4-5-6-25-42-32-20-14-29(15-21-32)35(39)24-11-27-9-18-33(19-10-27)43-37(41)31-16-22-34(23-17-31)44-36(40)30-12-7-28(26-38)8-13-30/h7-24H,2-6,25H2,1H3/b24-11+. The van der Waals surface area contributed by atoms with Crippen LogP contribution in [0.5, 0.6) is 17.2 Å². The van der Waals surface area contributed by atoms with Crippen LogP contribution in [0.15, 0.2) is 103 Å². The molecule has 0 aliphatic heterocycles. The van der Waals surface area contributed by atoms with Crippen LogP contribution in [0.4, 0.5) is 0 Å². The molecule has 7 heteroatoms. The summed E-state index contributed by atoms with van der Waals surface area (Å²) >= 11 is 0. The molecule has 0 aliphatic rings. The second kappa shape index (κ2) is 16.2. The Labute approximate surface area is 257 Å². The van der Waals surface area contributed by atoms with Gasteiger partial charge in [0, 0.05) is 5.56 Å². The molecule has 44 heavy (non-hydrogen) atoms. The Morgan fingerprint density at radius 3 is 1.70 bits per heavy atom. The molecule has 4 aromatic carbocycles. The molecule has 0 radical (unpaired) electrons. The monoisotopic (exact) mass is 587 g/mol. The topological polar surface area (TPSA) is 103 Å². The predicted molar refractivity (Wildman–Crippen MR) is 168 cm³/mol. The number of allylic oxidation sites excluding steroid dienone is 1. The molecule has 0 atom stereocenters. The van der Waals surface area contributed by atoms with Gasteiger partial charge in [0.25, 0.3) is 0 Å². The first-order valence-corrected chi connectivity index (χ1v) is 14.5. The van der Waals surface area contributed by atoms with E-state index in [1.54, 1.807) is 42.5 Å². The van der Waals surface area contributed by atoms with Gasteiger partial charge in [0.2, 0.25) is 0 Å². The van der Waals surface area contributed by atoms with E-state index in [0.29, 0.717) is 29.0 Å². The Kier molecular flexibility index (Phi) is 11.6. The average molecular weight is 588 g/mol. The third-order valence-electron chi connectivity index (χ3n) is 6.72. The Morgan fingerprint density at radius 2 is 1.14 bits per heavy atom. The van der Waals surface area contributed by atoms with Gasteiger partial charge in [0.1, 0.15) is 17.2 Å². The third-order valence-corrected chi connectivity index (χ3v) is 6.72. The number of unbranched alkanes of at least 4 members (excludes halogenated alkanes) is 4. The molecule has 0 heterocycles. The molecule has 0 unspecified atom stereocenters. The maximum Gasteiger partial charge on any atom is 0.343 e. The van der Waals surface area contributed by atoms with E-state index in [0.717, 1.165) is 24.2 Å². The summed E-state index contributed by atoms with van der Waals surface area (Å²) in [5.41, 5.74) is 2.36. The fraction of sp³-hybridized carbons (Fsp3) is 0.189. The molecule has 0 fully saturated rings.